The summed E-state index contributed by atoms with van der Waals surface area (Å²) >= 11 is 25.4. The Bertz CT molecular complexity index is 1440. The first kappa shape index (κ1) is 29.3. The van der Waals surface area contributed by atoms with E-state index in [-0.39, 0.29) is 28.3 Å². The van der Waals surface area contributed by atoms with Gasteiger partial charge in [0, 0.05) is 12.1 Å². The second kappa shape index (κ2) is 12.3. The van der Waals surface area contributed by atoms with Gasteiger partial charge in [-0.15, -0.1) is 0 Å². The Balaban J connectivity index is 0.000000208. The first-order valence-corrected chi connectivity index (χ1v) is 14.8. The summed E-state index contributed by atoms with van der Waals surface area (Å²) in [6.07, 6.45) is 1.15. The molecule has 1 aliphatic heterocycles. The Kier molecular flexibility index (Phi) is 10.3. The van der Waals surface area contributed by atoms with Crippen LogP contribution in [0.2, 0.25) is 10.4 Å². The lowest BCUT2D eigenvalue weighted by Gasteiger charge is -2.15. The molecule has 0 spiro atoms. The molecule has 0 saturated carbocycles. The van der Waals surface area contributed by atoms with Gasteiger partial charge in [-0.1, -0.05) is 25.4 Å². The van der Waals surface area contributed by atoms with Gasteiger partial charge < -0.3 is 8.83 Å². The highest BCUT2D eigenvalue weighted by molar-refractivity contribution is 8.24. The third kappa shape index (κ3) is 8.59. The largest absolute Gasteiger partial charge is 0.426 e. The van der Waals surface area contributed by atoms with Crippen LogP contribution in [-0.4, -0.2) is 21.8 Å². The smallest absolute Gasteiger partial charge is 0.339 e. The third-order valence-electron chi connectivity index (χ3n) is 4.29. The van der Waals surface area contributed by atoms with Gasteiger partial charge in [0.05, 0.1) is 17.4 Å². The van der Waals surface area contributed by atoms with Gasteiger partial charge >= 0.3 is 16.5 Å². The normalized spacial score (nSPS) is 12.7. The molecule has 16 heteroatoms. The molecule has 1 aliphatic rings. The van der Waals surface area contributed by atoms with Gasteiger partial charge in [0.15, 0.2) is 0 Å². The number of hydrogen-bond acceptors (Lipinski definition) is 9. The summed E-state index contributed by atoms with van der Waals surface area (Å²) < 4.78 is 19.2. The molecule has 0 bridgehead atoms. The molecule has 188 valence electrons. The molecule has 0 fully saturated rings. The van der Waals surface area contributed by atoms with Crippen molar-refractivity contribution < 1.29 is 23.0 Å². The van der Waals surface area contributed by atoms with Gasteiger partial charge in [-0.3, -0.25) is 19.5 Å². The molecule has 1 N–H and O–H groups in total. The van der Waals surface area contributed by atoms with Crippen LogP contribution in [0.5, 0.6) is 0 Å². The van der Waals surface area contributed by atoms with Crippen molar-refractivity contribution in [3.63, 3.8) is 0 Å². The maximum atomic E-state index is 11.5. The van der Waals surface area contributed by atoms with Crippen molar-refractivity contribution in [2.45, 2.75) is 33.1 Å². The number of aromatic nitrogens is 2. The van der Waals surface area contributed by atoms with E-state index < -0.39 is 28.3 Å². The average molecular weight is 606 g/mol. The van der Waals surface area contributed by atoms with Crippen LogP contribution in [-0.2, 0) is 28.6 Å². The average Bonchev–Trinajstić information content (AvgIpc) is 2.70. The van der Waals surface area contributed by atoms with Crippen molar-refractivity contribution in [3.8, 4) is 0 Å². The predicted octanol–water partition coefficient (Wildman–Crippen LogP) is 5.28. The van der Waals surface area contributed by atoms with E-state index in [9.17, 15) is 23.7 Å². The van der Waals surface area contributed by atoms with E-state index >= 15 is 0 Å². The fourth-order valence-electron chi connectivity index (χ4n) is 3.00. The summed E-state index contributed by atoms with van der Waals surface area (Å²) in [6, 6.07) is 2.67. The zero-order chi connectivity index (χ0) is 26.5. The predicted molar refractivity (Wildman–Crippen MR) is 133 cm³/mol. The fourth-order valence-corrected chi connectivity index (χ4v) is 3.49. The van der Waals surface area contributed by atoms with Gasteiger partial charge in [-0.25, -0.2) is 14.6 Å². The molecule has 0 unspecified atom stereocenters. The molecule has 35 heavy (non-hydrogen) atoms. The first-order chi connectivity index (χ1) is 16.2. The van der Waals surface area contributed by atoms with Gasteiger partial charge in [0.1, 0.15) is 10.9 Å². The van der Waals surface area contributed by atoms with E-state index in [2.05, 4.69) is 49.0 Å². The first-order valence-electron chi connectivity index (χ1n) is 9.58. The molecule has 0 atom stereocenters. The summed E-state index contributed by atoms with van der Waals surface area (Å²) in [6.45, 7) is 3.73. The molecule has 0 aliphatic carbocycles. The van der Waals surface area contributed by atoms with Crippen LogP contribution < -0.4 is 16.6 Å². The van der Waals surface area contributed by atoms with Gasteiger partial charge in [0.2, 0.25) is 16.9 Å². The molecule has 0 aromatic carbocycles. The Morgan fingerprint density at radius 3 is 2.06 bits per heavy atom. The number of carbonyl (C=O) groups is 2. The Hall–Kier alpha value is -1.94. The highest BCUT2D eigenvalue weighted by atomic mass is 36.0. The number of aryl methyl sites for hydroxylation is 2. The van der Waals surface area contributed by atoms with Crippen molar-refractivity contribution in [2.75, 3.05) is 0 Å². The second-order valence-electron chi connectivity index (χ2n) is 6.60. The number of imide groups is 1. The van der Waals surface area contributed by atoms with E-state index in [4.69, 9.17) is 32.0 Å². The van der Waals surface area contributed by atoms with Crippen molar-refractivity contribution in [3.05, 3.63) is 65.9 Å². The Labute approximate surface area is 221 Å². The SMILES string of the molecule is CCc1cc(=O)oc2c1C(=O)NC(=O)C2.CCc1cc(=O)oc2nc(Cl)nc(Cl)c12.O=P(Cl)(Cl)Cl. The minimum absolute atomic E-state index is 0.0381. The van der Waals surface area contributed by atoms with Crippen molar-refractivity contribution >= 4 is 85.0 Å². The lowest BCUT2D eigenvalue weighted by atomic mass is 10.0. The zero-order valence-corrected chi connectivity index (χ0v) is 22.5. The van der Waals surface area contributed by atoms with E-state index in [1.54, 1.807) is 0 Å². The summed E-state index contributed by atoms with van der Waals surface area (Å²) in [5.74, 6) is -0.751. The molecule has 3 aromatic rings. The summed E-state index contributed by atoms with van der Waals surface area (Å²) in [7, 11) is 0. The Morgan fingerprint density at radius 1 is 0.943 bits per heavy atom. The number of carbonyl (C=O) groups excluding carboxylic acids is 2. The minimum atomic E-state index is -3.22. The number of nitrogens with one attached hydrogen (secondary N) is 1. The molecule has 0 saturated heterocycles. The fraction of sp³-hybridized carbons (Fsp3) is 0.263. The van der Waals surface area contributed by atoms with Gasteiger partial charge in [-0.2, -0.15) is 4.98 Å². The van der Waals surface area contributed by atoms with Crippen LogP contribution in [0, 0.1) is 0 Å². The quantitative estimate of drug-likeness (QED) is 0.178. The molecule has 0 radical (unpaired) electrons. The molecular weight excluding hydrogens is 590 g/mol. The van der Waals surface area contributed by atoms with Crippen LogP contribution in [0.4, 0.5) is 0 Å². The molecule has 3 aromatic heterocycles. The molecule has 4 heterocycles. The van der Waals surface area contributed by atoms with Crippen LogP contribution in [0.3, 0.4) is 0 Å². The highest BCUT2D eigenvalue weighted by Gasteiger charge is 2.27. The topological polar surface area (TPSA) is 149 Å². The van der Waals surface area contributed by atoms with Gasteiger partial charge in [-0.05, 0) is 69.3 Å². The standard InChI is InChI=1S/C10H9NO4.C9H6Cl2N2O2.Cl3OP/c1-2-5-3-8(13)15-6-4-7(12)11-10(14)9(5)6;1-2-4-3-5(14)15-8-6(4)7(10)12-9(11)13-8;1-5(2,3)4/h3H,2,4H2,1H3,(H,11,12,14);3H,2H2,1H3;. The third-order valence-corrected chi connectivity index (χ3v) is 4.74. The number of rotatable bonds is 2. The number of amides is 2. The van der Waals surface area contributed by atoms with Crippen LogP contribution in [0.1, 0.15) is 41.1 Å². The van der Waals surface area contributed by atoms with Crippen molar-refractivity contribution in [2.24, 2.45) is 0 Å². The van der Waals surface area contributed by atoms with E-state index in [0.717, 1.165) is 5.56 Å². The van der Waals surface area contributed by atoms with Crippen LogP contribution in [0.15, 0.2) is 30.6 Å². The maximum absolute atomic E-state index is 11.5. The zero-order valence-electron chi connectivity index (χ0n) is 17.9. The molecule has 2 amide bonds. The van der Waals surface area contributed by atoms with Crippen LogP contribution >= 0.6 is 62.1 Å². The maximum Gasteiger partial charge on any atom is 0.339 e. The van der Waals surface area contributed by atoms with Crippen LogP contribution in [0.25, 0.3) is 11.1 Å². The lowest BCUT2D eigenvalue weighted by molar-refractivity contribution is -0.120. The second-order valence-corrected chi connectivity index (χ2v) is 13.9. The monoisotopic (exact) mass is 603 g/mol. The van der Waals surface area contributed by atoms with E-state index in [1.807, 2.05) is 13.8 Å². The molecular formula is C19H15Cl5N3O7P. The van der Waals surface area contributed by atoms with E-state index in [0.29, 0.717) is 29.4 Å². The molecule has 4 rings (SSSR count). The lowest BCUT2D eigenvalue weighted by Crippen LogP contribution is -2.38. The van der Waals surface area contributed by atoms with E-state index in [1.165, 1.54) is 12.1 Å². The van der Waals surface area contributed by atoms with Crippen molar-refractivity contribution in [1.82, 2.24) is 15.3 Å². The number of nitrogens with zero attached hydrogens (tertiary/aromatic N) is 2. The summed E-state index contributed by atoms with van der Waals surface area (Å²) in [4.78, 5) is 52.5. The highest BCUT2D eigenvalue weighted by Crippen LogP contribution is 2.61. The summed E-state index contributed by atoms with van der Waals surface area (Å²) in [5, 5.41) is -0.326. The number of fused-ring (bicyclic) bond motifs is 2. The molecule has 10 nitrogen and oxygen atoms in total. The van der Waals surface area contributed by atoms with Crippen molar-refractivity contribution in [1.29, 1.82) is 0 Å². The minimum Gasteiger partial charge on any atom is -0.426 e. The number of hydrogen-bond donors (Lipinski definition) is 1. The Morgan fingerprint density at radius 2 is 1.49 bits per heavy atom. The van der Waals surface area contributed by atoms with Gasteiger partial charge in [0.25, 0.3) is 5.91 Å². The number of halogens is 5. The summed E-state index contributed by atoms with van der Waals surface area (Å²) in [5.41, 5.74) is 0.841.